The maximum absolute atomic E-state index is 13.3. The van der Waals surface area contributed by atoms with Crippen LogP contribution in [0.4, 0.5) is 11.4 Å². The molecule has 1 aliphatic heterocycles. The zero-order valence-corrected chi connectivity index (χ0v) is 17.5. The van der Waals surface area contributed by atoms with Crippen molar-refractivity contribution in [1.82, 2.24) is 5.32 Å². The Balaban J connectivity index is 1.64. The molecule has 1 fully saturated rings. The second-order valence-electron chi connectivity index (χ2n) is 7.65. The van der Waals surface area contributed by atoms with Crippen LogP contribution in [0.5, 0.6) is 0 Å². The van der Waals surface area contributed by atoms with E-state index < -0.39 is 14.9 Å². The molecule has 0 atom stereocenters. The molecule has 30 heavy (non-hydrogen) atoms. The number of rotatable bonds is 5. The molecule has 0 amide bonds. The Labute approximate surface area is 176 Å². The third-order valence-electron chi connectivity index (χ3n) is 5.70. The number of nitrogens with two attached hydrogens (primary N) is 1. The van der Waals surface area contributed by atoms with Crippen LogP contribution >= 0.6 is 0 Å². The predicted octanol–water partition coefficient (Wildman–Crippen LogP) is 3.63. The van der Waals surface area contributed by atoms with Gasteiger partial charge in [0, 0.05) is 17.5 Å². The van der Waals surface area contributed by atoms with Gasteiger partial charge < -0.3 is 16.4 Å². The smallest absolute Gasteiger partial charge is 0.224 e. The lowest BCUT2D eigenvalue weighted by Gasteiger charge is -2.24. The van der Waals surface area contributed by atoms with Gasteiger partial charge >= 0.3 is 0 Å². The van der Waals surface area contributed by atoms with Gasteiger partial charge in [0.25, 0.3) is 0 Å². The fraction of sp³-hybridized carbons (Fsp3) is 0.261. The van der Waals surface area contributed by atoms with Crippen LogP contribution in [0.15, 0.2) is 65.6 Å². The number of nitrogen functional groups attached to an aromatic ring is 1. The molecule has 1 aliphatic rings. The summed E-state index contributed by atoms with van der Waals surface area (Å²) in [4.78, 5) is 0.123. The lowest BCUT2D eigenvalue weighted by Crippen LogP contribution is -2.31. The van der Waals surface area contributed by atoms with Crippen molar-refractivity contribution >= 4 is 37.0 Å². The van der Waals surface area contributed by atoms with Crippen molar-refractivity contribution in [3.8, 4) is 0 Å². The van der Waals surface area contributed by atoms with E-state index >= 15 is 0 Å². The molecule has 1 heterocycles. The van der Waals surface area contributed by atoms with Gasteiger partial charge in [-0.3, -0.25) is 5.41 Å². The van der Waals surface area contributed by atoms with E-state index in [1.807, 2.05) is 24.3 Å². The Morgan fingerprint density at radius 3 is 2.53 bits per heavy atom. The largest absolute Gasteiger partial charge is 0.396 e. The molecule has 0 radical (unpaired) electrons. The van der Waals surface area contributed by atoms with Crippen LogP contribution < -0.4 is 16.4 Å². The van der Waals surface area contributed by atoms with Gasteiger partial charge in [-0.1, -0.05) is 42.5 Å². The number of hydrogen-bond donors (Lipinski definition) is 4. The molecule has 156 valence electrons. The topological polar surface area (TPSA) is 108 Å². The molecule has 7 heteroatoms. The molecule has 1 saturated heterocycles. The monoisotopic (exact) mass is 422 g/mol. The summed E-state index contributed by atoms with van der Waals surface area (Å²) in [5, 5.41) is 16.1. The number of piperidine rings is 1. The van der Waals surface area contributed by atoms with Gasteiger partial charge in [-0.2, -0.15) is 0 Å². The average molecular weight is 423 g/mol. The first-order chi connectivity index (χ1) is 14.5. The molecule has 3 aromatic rings. The Morgan fingerprint density at radius 2 is 1.73 bits per heavy atom. The van der Waals surface area contributed by atoms with Gasteiger partial charge in [-0.05, 0) is 55.4 Å². The SMILES string of the molecule is N=C(c1cccc(NCC2CCNCC2)c1N)S(=O)(=O)c1cccc2ccccc12. The molecule has 0 bridgehead atoms. The zero-order chi connectivity index (χ0) is 21.1. The van der Waals surface area contributed by atoms with Gasteiger partial charge in [-0.25, -0.2) is 8.42 Å². The molecular weight excluding hydrogens is 396 g/mol. The highest BCUT2D eigenvalue weighted by Gasteiger charge is 2.26. The molecule has 6 nitrogen and oxygen atoms in total. The minimum Gasteiger partial charge on any atom is -0.396 e. The second-order valence-corrected chi connectivity index (χ2v) is 9.51. The molecule has 0 saturated carbocycles. The van der Waals surface area contributed by atoms with Crippen LogP contribution in [0.3, 0.4) is 0 Å². The van der Waals surface area contributed by atoms with Crippen LogP contribution in [-0.4, -0.2) is 33.1 Å². The van der Waals surface area contributed by atoms with E-state index in [1.165, 1.54) is 0 Å². The maximum atomic E-state index is 13.3. The highest BCUT2D eigenvalue weighted by molar-refractivity contribution is 8.07. The number of anilines is 2. The van der Waals surface area contributed by atoms with Gasteiger partial charge in [0.05, 0.1) is 16.3 Å². The summed E-state index contributed by atoms with van der Waals surface area (Å²) < 4.78 is 26.6. The van der Waals surface area contributed by atoms with Gasteiger partial charge in [-0.15, -0.1) is 0 Å². The minimum absolute atomic E-state index is 0.123. The normalized spacial score (nSPS) is 15.2. The molecule has 0 spiro atoms. The fourth-order valence-corrected chi connectivity index (χ4v) is 5.36. The van der Waals surface area contributed by atoms with Gasteiger partial charge in [0.1, 0.15) is 0 Å². The quantitative estimate of drug-likeness (QED) is 0.285. The van der Waals surface area contributed by atoms with E-state index in [4.69, 9.17) is 11.1 Å². The van der Waals surface area contributed by atoms with Crippen molar-refractivity contribution in [1.29, 1.82) is 5.41 Å². The van der Waals surface area contributed by atoms with E-state index in [0.717, 1.165) is 37.9 Å². The number of hydrogen-bond acceptors (Lipinski definition) is 6. The number of fused-ring (bicyclic) bond motifs is 1. The number of nitrogens with one attached hydrogen (secondary N) is 3. The minimum atomic E-state index is -4.03. The summed E-state index contributed by atoms with van der Waals surface area (Å²) in [5.74, 6) is 0.549. The Morgan fingerprint density at radius 1 is 1.03 bits per heavy atom. The Hall–Kier alpha value is -2.90. The molecular formula is C23H26N4O2S. The van der Waals surface area contributed by atoms with Crippen LogP contribution in [-0.2, 0) is 9.84 Å². The first-order valence-corrected chi connectivity index (χ1v) is 11.6. The summed E-state index contributed by atoms with van der Waals surface area (Å²) in [7, 11) is -4.03. The zero-order valence-electron chi connectivity index (χ0n) is 16.7. The molecule has 3 aromatic carbocycles. The van der Waals surface area contributed by atoms with Crippen LogP contribution in [0, 0.1) is 11.3 Å². The van der Waals surface area contributed by atoms with Gasteiger partial charge in [0.15, 0.2) is 5.04 Å². The van der Waals surface area contributed by atoms with Crippen LogP contribution in [0.25, 0.3) is 10.8 Å². The van der Waals surface area contributed by atoms with Crippen molar-refractivity contribution in [3.05, 3.63) is 66.2 Å². The highest BCUT2D eigenvalue weighted by Crippen LogP contribution is 2.30. The first-order valence-electron chi connectivity index (χ1n) is 10.1. The standard InChI is InChI=1S/C23H26N4O2S/c24-22-19(8-4-9-20(22)27-15-16-11-13-26-14-12-16)23(25)30(28,29)21-10-3-6-17-5-1-2-7-18(17)21/h1-10,16,25-27H,11-15,24H2. The predicted molar refractivity (Wildman–Crippen MR) is 123 cm³/mol. The summed E-state index contributed by atoms with van der Waals surface area (Å²) in [6.45, 7) is 2.80. The van der Waals surface area contributed by atoms with E-state index in [9.17, 15) is 8.42 Å². The molecule has 4 rings (SSSR count). The third-order valence-corrected chi connectivity index (χ3v) is 7.39. The highest BCUT2D eigenvalue weighted by atomic mass is 32.2. The third kappa shape index (κ3) is 3.91. The van der Waals surface area contributed by atoms with E-state index in [2.05, 4.69) is 10.6 Å². The number of para-hydroxylation sites is 1. The van der Waals surface area contributed by atoms with Crippen molar-refractivity contribution in [2.75, 3.05) is 30.7 Å². The van der Waals surface area contributed by atoms with Crippen molar-refractivity contribution in [3.63, 3.8) is 0 Å². The van der Waals surface area contributed by atoms with E-state index in [1.54, 1.807) is 36.4 Å². The van der Waals surface area contributed by atoms with Crippen molar-refractivity contribution < 1.29 is 8.42 Å². The summed E-state index contributed by atoms with van der Waals surface area (Å²) >= 11 is 0. The summed E-state index contributed by atoms with van der Waals surface area (Å²) in [6.07, 6.45) is 2.19. The van der Waals surface area contributed by atoms with Crippen LogP contribution in [0.2, 0.25) is 0 Å². The lowest BCUT2D eigenvalue weighted by atomic mass is 9.98. The van der Waals surface area contributed by atoms with Crippen molar-refractivity contribution in [2.24, 2.45) is 5.92 Å². The summed E-state index contributed by atoms with van der Waals surface area (Å²) in [5.41, 5.74) is 7.49. The molecule has 0 unspecified atom stereocenters. The Kier molecular flexibility index (Phi) is 5.74. The summed E-state index contributed by atoms with van der Waals surface area (Å²) in [6, 6.07) is 17.5. The lowest BCUT2D eigenvalue weighted by molar-refractivity contribution is 0.390. The fourth-order valence-electron chi connectivity index (χ4n) is 3.94. The van der Waals surface area contributed by atoms with Gasteiger partial charge in [0.2, 0.25) is 9.84 Å². The molecule has 5 N–H and O–H groups in total. The second kappa shape index (κ2) is 8.45. The maximum Gasteiger partial charge on any atom is 0.224 e. The van der Waals surface area contributed by atoms with Crippen molar-refractivity contribution in [2.45, 2.75) is 17.7 Å². The van der Waals surface area contributed by atoms with Crippen LogP contribution in [0.1, 0.15) is 18.4 Å². The first kappa shape index (κ1) is 20.4. The molecule has 0 aromatic heterocycles. The number of benzene rings is 3. The number of sulfone groups is 1. The Bertz CT molecular complexity index is 1180. The van der Waals surface area contributed by atoms with E-state index in [-0.39, 0.29) is 10.5 Å². The van der Waals surface area contributed by atoms with E-state index in [0.29, 0.717) is 22.7 Å². The average Bonchev–Trinajstić information content (AvgIpc) is 2.78. The molecule has 0 aliphatic carbocycles.